The van der Waals surface area contributed by atoms with E-state index in [9.17, 15) is 13.2 Å². The third-order valence-corrected chi connectivity index (χ3v) is 7.05. The minimum atomic E-state index is -3.52. The van der Waals surface area contributed by atoms with E-state index in [1.165, 1.54) is 27.4 Å². The predicted molar refractivity (Wildman–Crippen MR) is 106 cm³/mol. The monoisotopic (exact) mass is 414 g/mol. The summed E-state index contributed by atoms with van der Waals surface area (Å²) in [6.07, 6.45) is 9.16. The van der Waals surface area contributed by atoms with Gasteiger partial charge in [-0.15, -0.1) is 0 Å². The Balaban J connectivity index is 1.40. The zero-order valence-corrected chi connectivity index (χ0v) is 16.9. The van der Waals surface area contributed by atoms with Gasteiger partial charge < -0.3 is 0 Å². The van der Waals surface area contributed by atoms with Crippen LogP contribution in [0.25, 0.3) is 11.3 Å². The van der Waals surface area contributed by atoms with Crippen LogP contribution in [0.3, 0.4) is 0 Å². The van der Waals surface area contributed by atoms with E-state index < -0.39 is 10.0 Å². The molecule has 0 bridgehead atoms. The first-order valence-electron chi connectivity index (χ1n) is 9.39. The third kappa shape index (κ3) is 4.13. The second-order valence-electron chi connectivity index (χ2n) is 7.20. The third-order valence-electron chi connectivity index (χ3n) is 5.20. The van der Waals surface area contributed by atoms with Crippen LogP contribution in [-0.4, -0.2) is 50.1 Å². The molecule has 152 valence electrons. The molecule has 0 aliphatic carbocycles. The van der Waals surface area contributed by atoms with Gasteiger partial charge in [0.1, 0.15) is 4.90 Å². The van der Waals surface area contributed by atoms with Crippen LogP contribution >= 0.6 is 0 Å². The second kappa shape index (κ2) is 7.88. The zero-order chi connectivity index (χ0) is 20.4. The van der Waals surface area contributed by atoms with E-state index in [2.05, 4.69) is 15.1 Å². The maximum absolute atomic E-state index is 12.7. The lowest BCUT2D eigenvalue weighted by Crippen LogP contribution is -2.39. The smallest absolute Gasteiger partial charge is 0.253 e. The molecule has 1 saturated heterocycles. The van der Waals surface area contributed by atoms with Gasteiger partial charge in [0.15, 0.2) is 0 Å². The van der Waals surface area contributed by atoms with Crippen molar-refractivity contribution in [3.63, 3.8) is 0 Å². The molecule has 4 rings (SSSR count). The Kier molecular flexibility index (Phi) is 5.29. The fraction of sp³-hybridized carbons (Fsp3) is 0.368. The number of rotatable bonds is 5. The van der Waals surface area contributed by atoms with Gasteiger partial charge in [0.25, 0.3) is 5.56 Å². The van der Waals surface area contributed by atoms with Gasteiger partial charge in [-0.25, -0.2) is 13.4 Å². The average molecular weight is 414 g/mol. The van der Waals surface area contributed by atoms with Gasteiger partial charge in [0.05, 0.1) is 18.2 Å². The number of aromatic nitrogens is 5. The standard InChI is InChI=1S/C19H22N6O3S/c1-23-13-17(11-22-23)29(27,28)25-8-4-15(5-9-25)12-24-14-21-18(10-19(24)26)16-2-6-20-7-3-16/h2-3,6-7,10-11,13-15H,4-5,8-9,12H2,1H3. The van der Waals surface area contributed by atoms with Crippen LogP contribution in [0.5, 0.6) is 0 Å². The highest BCUT2D eigenvalue weighted by Crippen LogP contribution is 2.24. The number of sulfonamides is 1. The molecule has 0 radical (unpaired) electrons. The van der Waals surface area contributed by atoms with Gasteiger partial charge in [-0.05, 0) is 30.9 Å². The minimum absolute atomic E-state index is 0.114. The first-order chi connectivity index (χ1) is 13.9. The number of hydrogen-bond donors (Lipinski definition) is 0. The van der Waals surface area contributed by atoms with E-state index in [0.29, 0.717) is 38.2 Å². The Bertz CT molecular complexity index is 1150. The van der Waals surface area contributed by atoms with Gasteiger partial charge in [-0.2, -0.15) is 9.40 Å². The fourth-order valence-corrected chi connectivity index (χ4v) is 4.99. The summed E-state index contributed by atoms with van der Waals surface area (Å²) in [6.45, 7) is 1.39. The van der Waals surface area contributed by atoms with Crippen LogP contribution in [0, 0.1) is 5.92 Å². The van der Waals surface area contributed by atoms with Gasteiger partial charge in [0.2, 0.25) is 10.0 Å². The second-order valence-corrected chi connectivity index (χ2v) is 9.14. The van der Waals surface area contributed by atoms with Crippen molar-refractivity contribution >= 4 is 10.0 Å². The molecule has 4 heterocycles. The number of nitrogens with zero attached hydrogens (tertiary/aromatic N) is 6. The summed E-state index contributed by atoms with van der Waals surface area (Å²) in [6, 6.07) is 5.15. The van der Waals surface area contributed by atoms with E-state index in [0.717, 1.165) is 5.56 Å². The molecule has 9 nitrogen and oxygen atoms in total. The molecule has 0 atom stereocenters. The van der Waals surface area contributed by atoms with Gasteiger partial charge in [0, 0.05) is 56.9 Å². The summed E-state index contributed by atoms with van der Waals surface area (Å²) < 4.78 is 30.0. The van der Waals surface area contributed by atoms with Crippen molar-refractivity contribution in [2.45, 2.75) is 24.3 Å². The zero-order valence-electron chi connectivity index (χ0n) is 16.0. The molecule has 1 aliphatic rings. The van der Waals surface area contributed by atoms with Crippen molar-refractivity contribution in [2.24, 2.45) is 13.0 Å². The molecular formula is C19H22N6O3S. The molecule has 3 aromatic heterocycles. The van der Waals surface area contributed by atoms with Crippen molar-refractivity contribution in [1.29, 1.82) is 0 Å². The van der Waals surface area contributed by atoms with E-state index in [4.69, 9.17) is 0 Å². The van der Waals surface area contributed by atoms with Crippen molar-refractivity contribution < 1.29 is 8.42 Å². The molecular weight excluding hydrogens is 392 g/mol. The van der Waals surface area contributed by atoms with Crippen LogP contribution < -0.4 is 5.56 Å². The lowest BCUT2D eigenvalue weighted by molar-refractivity contribution is 0.251. The molecule has 0 N–H and O–H groups in total. The highest BCUT2D eigenvalue weighted by Gasteiger charge is 2.30. The Hall–Kier alpha value is -2.85. The summed E-state index contributed by atoms with van der Waals surface area (Å²) >= 11 is 0. The van der Waals surface area contributed by atoms with E-state index in [-0.39, 0.29) is 16.4 Å². The van der Waals surface area contributed by atoms with Gasteiger partial charge in [-0.3, -0.25) is 19.0 Å². The summed E-state index contributed by atoms with van der Waals surface area (Å²) in [5.41, 5.74) is 1.35. The quantitative estimate of drug-likeness (QED) is 0.620. The molecule has 3 aromatic rings. The Morgan fingerprint density at radius 2 is 1.90 bits per heavy atom. The topological polar surface area (TPSA) is 103 Å². The van der Waals surface area contributed by atoms with Crippen LogP contribution in [-0.2, 0) is 23.6 Å². The van der Waals surface area contributed by atoms with Crippen LogP contribution in [0.4, 0.5) is 0 Å². The SMILES string of the molecule is Cn1cc(S(=O)(=O)N2CCC(Cn3cnc(-c4ccncc4)cc3=O)CC2)cn1. The Morgan fingerprint density at radius 3 is 2.52 bits per heavy atom. The van der Waals surface area contributed by atoms with E-state index in [1.807, 2.05) is 12.1 Å². The maximum atomic E-state index is 12.7. The van der Waals surface area contributed by atoms with Crippen molar-refractivity contribution in [1.82, 2.24) is 28.6 Å². The maximum Gasteiger partial charge on any atom is 0.253 e. The van der Waals surface area contributed by atoms with Crippen molar-refractivity contribution in [2.75, 3.05) is 13.1 Å². The molecule has 0 saturated carbocycles. The molecule has 10 heteroatoms. The molecule has 0 spiro atoms. The average Bonchev–Trinajstić information content (AvgIpc) is 3.18. The Labute approximate surface area is 168 Å². The molecule has 1 fully saturated rings. The number of hydrogen-bond acceptors (Lipinski definition) is 6. The molecule has 0 aromatic carbocycles. The lowest BCUT2D eigenvalue weighted by Gasteiger charge is -2.31. The van der Waals surface area contributed by atoms with Crippen molar-refractivity contribution in [3.8, 4) is 11.3 Å². The molecule has 0 unspecified atom stereocenters. The summed E-state index contributed by atoms with van der Waals surface area (Å²) in [5.74, 6) is 0.224. The highest BCUT2D eigenvalue weighted by atomic mass is 32.2. The highest BCUT2D eigenvalue weighted by molar-refractivity contribution is 7.89. The number of piperidine rings is 1. The largest absolute Gasteiger partial charge is 0.299 e. The van der Waals surface area contributed by atoms with Gasteiger partial charge in [-0.1, -0.05) is 0 Å². The van der Waals surface area contributed by atoms with E-state index in [1.54, 1.807) is 30.3 Å². The normalized spacial score (nSPS) is 16.2. The van der Waals surface area contributed by atoms with Crippen LogP contribution in [0.1, 0.15) is 12.8 Å². The molecule has 29 heavy (non-hydrogen) atoms. The van der Waals surface area contributed by atoms with E-state index >= 15 is 0 Å². The fourth-order valence-electron chi connectivity index (χ4n) is 3.54. The minimum Gasteiger partial charge on any atom is -0.299 e. The van der Waals surface area contributed by atoms with Gasteiger partial charge >= 0.3 is 0 Å². The molecule has 0 amide bonds. The summed E-state index contributed by atoms with van der Waals surface area (Å²) in [4.78, 5) is 21.1. The first-order valence-corrected chi connectivity index (χ1v) is 10.8. The van der Waals surface area contributed by atoms with Crippen LogP contribution in [0.15, 0.2) is 59.0 Å². The Morgan fingerprint density at radius 1 is 1.17 bits per heavy atom. The number of pyridine rings is 1. The van der Waals surface area contributed by atoms with Crippen LogP contribution in [0.2, 0.25) is 0 Å². The summed E-state index contributed by atoms with van der Waals surface area (Å²) in [7, 11) is -1.83. The number of aryl methyl sites for hydroxylation is 1. The van der Waals surface area contributed by atoms with Crippen molar-refractivity contribution in [3.05, 3.63) is 59.7 Å². The lowest BCUT2D eigenvalue weighted by atomic mass is 9.98. The predicted octanol–water partition coefficient (Wildman–Crippen LogP) is 1.14. The summed E-state index contributed by atoms with van der Waals surface area (Å²) in [5, 5.41) is 3.95. The molecule has 1 aliphatic heterocycles. The first kappa shape index (κ1) is 19.5.